The molecule has 0 fully saturated rings. The fraction of sp³-hybridized carbons (Fsp3) is 0.667. The molecule has 0 rings (SSSR count). The van der Waals surface area contributed by atoms with Crippen molar-refractivity contribution in [2.45, 2.75) is 38.7 Å². The van der Waals surface area contributed by atoms with Crippen molar-refractivity contribution in [2.75, 3.05) is 0 Å². The molecule has 0 saturated carbocycles. The lowest BCUT2D eigenvalue weighted by Gasteiger charge is -2.11. The zero-order valence-electron chi connectivity index (χ0n) is 7.08. The lowest BCUT2D eigenvalue weighted by molar-refractivity contribution is -0.133. The number of ether oxygens (including phenoxy) is 1. The van der Waals surface area contributed by atoms with Crippen molar-refractivity contribution in [1.29, 1.82) is 0 Å². The molecule has 0 aliphatic heterocycles. The highest BCUT2D eigenvalue weighted by atomic mass is 16.5. The van der Waals surface area contributed by atoms with Crippen molar-refractivity contribution in [3.05, 3.63) is 12.7 Å². The molecule has 2 nitrogen and oxygen atoms in total. The van der Waals surface area contributed by atoms with E-state index in [1.165, 1.54) is 0 Å². The molecule has 0 heterocycles. The Bertz CT molecular complexity index is 100. The fourth-order valence-corrected chi connectivity index (χ4v) is 0.938. The van der Waals surface area contributed by atoms with Crippen LogP contribution in [0.15, 0.2) is 12.7 Å². The maximum Gasteiger partial charge on any atom is 0.293 e. The summed E-state index contributed by atoms with van der Waals surface area (Å²) in [6, 6.07) is 0. The first-order valence-electron chi connectivity index (χ1n) is 4.05. The smallest absolute Gasteiger partial charge is 0.293 e. The fourth-order valence-electron chi connectivity index (χ4n) is 0.938. The molecule has 0 aromatic carbocycles. The molecule has 0 amide bonds. The van der Waals surface area contributed by atoms with E-state index in [-0.39, 0.29) is 6.10 Å². The van der Waals surface area contributed by atoms with E-state index in [2.05, 4.69) is 13.5 Å². The van der Waals surface area contributed by atoms with Gasteiger partial charge in [0.1, 0.15) is 6.10 Å². The lowest BCUT2D eigenvalue weighted by atomic mass is 10.1. The summed E-state index contributed by atoms with van der Waals surface area (Å²) in [5, 5.41) is 0. The van der Waals surface area contributed by atoms with E-state index in [1.807, 2.05) is 0 Å². The van der Waals surface area contributed by atoms with Gasteiger partial charge in [-0.05, 0) is 6.42 Å². The predicted octanol–water partition coefficient (Wildman–Crippen LogP) is 2.29. The van der Waals surface area contributed by atoms with Crippen molar-refractivity contribution < 1.29 is 9.53 Å². The third-order valence-electron chi connectivity index (χ3n) is 1.56. The van der Waals surface area contributed by atoms with Crippen LogP contribution in [-0.4, -0.2) is 12.6 Å². The van der Waals surface area contributed by atoms with Gasteiger partial charge in [0.15, 0.2) is 0 Å². The highest BCUT2D eigenvalue weighted by Gasteiger charge is 2.04. The Morgan fingerprint density at radius 2 is 2.36 bits per heavy atom. The van der Waals surface area contributed by atoms with Gasteiger partial charge in [-0.3, -0.25) is 4.79 Å². The molecule has 0 bridgehead atoms. The van der Waals surface area contributed by atoms with Crippen LogP contribution in [0, 0.1) is 0 Å². The van der Waals surface area contributed by atoms with Crippen molar-refractivity contribution in [3.63, 3.8) is 0 Å². The van der Waals surface area contributed by atoms with E-state index >= 15 is 0 Å². The van der Waals surface area contributed by atoms with Gasteiger partial charge in [-0.2, -0.15) is 0 Å². The molecule has 1 atom stereocenters. The first-order valence-corrected chi connectivity index (χ1v) is 4.05. The molecule has 0 aliphatic carbocycles. The molecule has 0 aliphatic rings. The first-order chi connectivity index (χ1) is 5.35. The van der Waals surface area contributed by atoms with Gasteiger partial charge >= 0.3 is 0 Å². The van der Waals surface area contributed by atoms with Crippen molar-refractivity contribution in [3.8, 4) is 0 Å². The van der Waals surface area contributed by atoms with E-state index in [9.17, 15) is 4.79 Å². The normalized spacial score (nSPS) is 12.1. The van der Waals surface area contributed by atoms with Crippen LogP contribution in [0.1, 0.15) is 32.6 Å². The second-order valence-electron chi connectivity index (χ2n) is 2.52. The minimum absolute atomic E-state index is 0.0462. The Labute approximate surface area is 68.2 Å². The Kier molecular flexibility index (Phi) is 6.79. The minimum Gasteiger partial charge on any atom is -0.464 e. The second-order valence-corrected chi connectivity index (χ2v) is 2.52. The third-order valence-corrected chi connectivity index (χ3v) is 1.56. The van der Waals surface area contributed by atoms with Crippen LogP contribution in [0.2, 0.25) is 0 Å². The number of carbonyl (C=O) groups is 1. The molecule has 0 spiro atoms. The number of hydrogen-bond donors (Lipinski definition) is 0. The largest absolute Gasteiger partial charge is 0.464 e. The van der Waals surface area contributed by atoms with Gasteiger partial charge in [0.2, 0.25) is 0 Å². The maximum absolute atomic E-state index is 10.00. The van der Waals surface area contributed by atoms with Gasteiger partial charge < -0.3 is 4.74 Å². The van der Waals surface area contributed by atoms with E-state index in [0.29, 0.717) is 6.47 Å². The molecule has 1 unspecified atom stereocenters. The number of hydrogen-bond acceptors (Lipinski definition) is 2. The van der Waals surface area contributed by atoms with Crippen molar-refractivity contribution in [1.82, 2.24) is 0 Å². The summed E-state index contributed by atoms with van der Waals surface area (Å²) in [6.45, 7) is 6.23. The molecule has 2 heteroatoms. The topological polar surface area (TPSA) is 26.3 Å². The molecule has 0 N–H and O–H groups in total. The highest BCUT2D eigenvalue weighted by molar-refractivity contribution is 5.37. The maximum atomic E-state index is 10.00. The summed E-state index contributed by atoms with van der Waals surface area (Å²) in [5.74, 6) is 0. The second kappa shape index (κ2) is 7.32. The third kappa shape index (κ3) is 5.64. The van der Waals surface area contributed by atoms with E-state index in [1.54, 1.807) is 6.08 Å². The average Bonchev–Trinajstić information content (AvgIpc) is 2.01. The lowest BCUT2D eigenvalue weighted by Crippen LogP contribution is -2.10. The van der Waals surface area contributed by atoms with E-state index < -0.39 is 0 Å². The number of unbranched alkanes of at least 4 members (excludes halogenated alkanes) is 1. The quantitative estimate of drug-likeness (QED) is 0.417. The van der Waals surface area contributed by atoms with Gasteiger partial charge in [-0.15, -0.1) is 6.58 Å². The molecule has 64 valence electrons. The van der Waals surface area contributed by atoms with Gasteiger partial charge in [-0.1, -0.05) is 25.8 Å². The van der Waals surface area contributed by atoms with Gasteiger partial charge in [0, 0.05) is 6.42 Å². The predicted molar refractivity (Wildman–Crippen MR) is 45.3 cm³/mol. The Balaban J connectivity index is 3.49. The Morgan fingerprint density at radius 1 is 1.64 bits per heavy atom. The summed E-state index contributed by atoms with van der Waals surface area (Å²) in [6.07, 6.45) is 5.77. The van der Waals surface area contributed by atoms with Crippen LogP contribution >= 0.6 is 0 Å². The zero-order valence-corrected chi connectivity index (χ0v) is 7.08. The van der Waals surface area contributed by atoms with Gasteiger partial charge in [-0.25, -0.2) is 0 Å². The van der Waals surface area contributed by atoms with Crippen LogP contribution in [0.4, 0.5) is 0 Å². The van der Waals surface area contributed by atoms with Gasteiger partial charge in [0.05, 0.1) is 0 Å². The minimum atomic E-state index is 0.0462. The average molecular weight is 156 g/mol. The first kappa shape index (κ1) is 10.2. The summed E-state index contributed by atoms with van der Waals surface area (Å²) in [7, 11) is 0. The van der Waals surface area contributed by atoms with Crippen LogP contribution in [0.3, 0.4) is 0 Å². The Hall–Kier alpha value is -0.790. The summed E-state index contributed by atoms with van der Waals surface area (Å²) in [5.41, 5.74) is 0. The number of rotatable bonds is 7. The Morgan fingerprint density at radius 3 is 2.82 bits per heavy atom. The standard InChI is InChI=1S/C9H16O2/c1-3-5-7-9(6-4-2)11-8-10/h4,8-9H,2-3,5-7H2,1H3. The van der Waals surface area contributed by atoms with E-state index in [4.69, 9.17) is 4.74 Å². The molecule has 0 saturated heterocycles. The van der Waals surface area contributed by atoms with Crippen LogP contribution in [-0.2, 0) is 9.53 Å². The zero-order chi connectivity index (χ0) is 8.53. The summed E-state index contributed by atoms with van der Waals surface area (Å²) in [4.78, 5) is 10.00. The number of carbonyl (C=O) groups excluding carboxylic acids is 1. The monoisotopic (exact) mass is 156 g/mol. The van der Waals surface area contributed by atoms with Gasteiger partial charge in [0.25, 0.3) is 6.47 Å². The molecule has 0 aromatic heterocycles. The molecule has 0 radical (unpaired) electrons. The summed E-state index contributed by atoms with van der Waals surface area (Å²) < 4.78 is 4.83. The molecular weight excluding hydrogens is 140 g/mol. The summed E-state index contributed by atoms with van der Waals surface area (Å²) >= 11 is 0. The van der Waals surface area contributed by atoms with E-state index in [0.717, 1.165) is 25.7 Å². The van der Waals surface area contributed by atoms with Crippen molar-refractivity contribution >= 4 is 6.47 Å². The van der Waals surface area contributed by atoms with Crippen LogP contribution in [0.25, 0.3) is 0 Å². The molecule has 11 heavy (non-hydrogen) atoms. The van der Waals surface area contributed by atoms with Crippen molar-refractivity contribution in [2.24, 2.45) is 0 Å². The van der Waals surface area contributed by atoms with Crippen LogP contribution < -0.4 is 0 Å². The molecule has 0 aromatic rings. The highest BCUT2D eigenvalue weighted by Crippen LogP contribution is 2.07. The SMILES string of the molecule is C=CCC(CCCC)OC=O. The molecular formula is C9H16O2. The van der Waals surface area contributed by atoms with Crippen LogP contribution in [0.5, 0.6) is 0 Å².